The SMILES string of the molecule is N#CCc1cc(Br)nn1CCO. The van der Waals surface area contributed by atoms with Crippen molar-refractivity contribution in [3.8, 4) is 6.07 Å². The number of nitriles is 1. The van der Waals surface area contributed by atoms with Crippen LogP contribution in [0.25, 0.3) is 0 Å². The van der Waals surface area contributed by atoms with Crippen LogP contribution in [0.5, 0.6) is 0 Å². The lowest BCUT2D eigenvalue weighted by Crippen LogP contribution is -2.07. The van der Waals surface area contributed by atoms with Crippen LogP contribution in [0, 0.1) is 11.3 Å². The van der Waals surface area contributed by atoms with Crippen molar-refractivity contribution in [3.63, 3.8) is 0 Å². The van der Waals surface area contributed by atoms with Crippen LogP contribution >= 0.6 is 15.9 Å². The fraction of sp³-hybridized carbons (Fsp3) is 0.429. The Bertz CT molecular complexity index is 302. The Morgan fingerprint density at radius 2 is 2.50 bits per heavy atom. The van der Waals surface area contributed by atoms with Gasteiger partial charge in [0.15, 0.2) is 0 Å². The highest BCUT2D eigenvalue weighted by Crippen LogP contribution is 2.10. The monoisotopic (exact) mass is 229 g/mol. The van der Waals surface area contributed by atoms with E-state index in [1.165, 1.54) is 0 Å². The molecule has 12 heavy (non-hydrogen) atoms. The van der Waals surface area contributed by atoms with Crippen molar-refractivity contribution in [1.29, 1.82) is 5.26 Å². The second-order valence-electron chi connectivity index (χ2n) is 2.24. The Balaban J connectivity index is 2.85. The highest BCUT2D eigenvalue weighted by atomic mass is 79.9. The van der Waals surface area contributed by atoms with Gasteiger partial charge in [-0.1, -0.05) is 0 Å². The van der Waals surface area contributed by atoms with Crippen LogP contribution in [0.1, 0.15) is 5.69 Å². The highest BCUT2D eigenvalue weighted by Gasteiger charge is 2.04. The zero-order chi connectivity index (χ0) is 8.97. The average Bonchev–Trinajstić information content (AvgIpc) is 2.33. The minimum Gasteiger partial charge on any atom is -0.394 e. The summed E-state index contributed by atoms with van der Waals surface area (Å²) in [5.74, 6) is 0. The van der Waals surface area contributed by atoms with Gasteiger partial charge in [-0.05, 0) is 22.0 Å². The summed E-state index contributed by atoms with van der Waals surface area (Å²) in [6.45, 7) is 0.467. The van der Waals surface area contributed by atoms with Crippen LogP contribution in [-0.2, 0) is 13.0 Å². The van der Waals surface area contributed by atoms with E-state index in [0.29, 0.717) is 17.6 Å². The van der Waals surface area contributed by atoms with Gasteiger partial charge in [0.1, 0.15) is 4.60 Å². The first-order valence-electron chi connectivity index (χ1n) is 3.48. The first kappa shape index (κ1) is 9.23. The summed E-state index contributed by atoms with van der Waals surface area (Å²) in [5.41, 5.74) is 0.818. The van der Waals surface area contributed by atoms with Crippen LogP contribution < -0.4 is 0 Å². The quantitative estimate of drug-likeness (QED) is 0.831. The van der Waals surface area contributed by atoms with Gasteiger partial charge < -0.3 is 5.11 Å². The largest absolute Gasteiger partial charge is 0.394 e. The Kier molecular flexibility index (Phi) is 3.26. The predicted octanol–water partition coefficient (Wildman–Crippen LogP) is 0.704. The predicted molar refractivity (Wildman–Crippen MR) is 46.3 cm³/mol. The molecule has 1 aromatic heterocycles. The molecule has 1 rings (SSSR count). The van der Waals surface area contributed by atoms with E-state index in [1.54, 1.807) is 10.7 Å². The molecule has 64 valence electrons. The third kappa shape index (κ3) is 2.06. The third-order valence-corrected chi connectivity index (χ3v) is 1.79. The molecule has 0 fully saturated rings. The molecule has 0 bridgehead atoms. The number of rotatable bonds is 3. The molecule has 5 heteroatoms. The summed E-state index contributed by atoms with van der Waals surface area (Å²) in [5, 5.41) is 21.2. The Morgan fingerprint density at radius 3 is 3.08 bits per heavy atom. The van der Waals surface area contributed by atoms with Crippen molar-refractivity contribution >= 4 is 15.9 Å². The maximum atomic E-state index is 8.66. The van der Waals surface area contributed by atoms with Crippen molar-refractivity contribution in [2.75, 3.05) is 6.61 Å². The number of aromatic nitrogens is 2. The van der Waals surface area contributed by atoms with Crippen molar-refractivity contribution in [2.45, 2.75) is 13.0 Å². The molecule has 0 saturated carbocycles. The maximum absolute atomic E-state index is 8.66. The van der Waals surface area contributed by atoms with Gasteiger partial charge in [0.05, 0.1) is 31.3 Å². The van der Waals surface area contributed by atoms with Gasteiger partial charge in [0.2, 0.25) is 0 Å². The molecule has 1 aromatic rings. The molecule has 0 aliphatic heterocycles. The molecular weight excluding hydrogens is 222 g/mol. The van der Waals surface area contributed by atoms with Crippen molar-refractivity contribution in [3.05, 3.63) is 16.4 Å². The fourth-order valence-electron chi connectivity index (χ4n) is 0.932. The molecule has 1 heterocycles. The molecule has 0 aliphatic carbocycles. The third-order valence-electron chi connectivity index (χ3n) is 1.41. The van der Waals surface area contributed by atoms with Gasteiger partial charge in [-0.3, -0.25) is 4.68 Å². The van der Waals surface area contributed by atoms with Crippen LogP contribution in [0.2, 0.25) is 0 Å². The first-order valence-corrected chi connectivity index (χ1v) is 4.27. The second-order valence-corrected chi connectivity index (χ2v) is 3.05. The normalized spacial score (nSPS) is 9.75. The Hall–Kier alpha value is -0.860. The Morgan fingerprint density at radius 1 is 1.75 bits per heavy atom. The lowest BCUT2D eigenvalue weighted by Gasteiger charge is -2.00. The summed E-state index contributed by atoms with van der Waals surface area (Å²) in [4.78, 5) is 0. The van der Waals surface area contributed by atoms with E-state index in [2.05, 4.69) is 21.0 Å². The highest BCUT2D eigenvalue weighted by molar-refractivity contribution is 9.10. The zero-order valence-corrected chi connectivity index (χ0v) is 7.95. The molecule has 0 saturated heterocycles. The van der Waals surface area contributed by atoms with Crippen molar-refractivity contribution in [1.82, 2.24) is 9.78 Å². The van der Waals surface area contributed by atoms with Gasteiger partial charge in [-0.2, -0.15) is 10.4 Å². The van der Waals surface area contributed by atoms with Gasteiger partial charge in [0.25, 0.3) is 0 Å². The van der Waals surface area contributed by atoms with Crippen LogP contribution in [0.3, 0.4) is 0 Å². The number of hydrogen-bond acceptors (Lipinski definition) is 3. The summed E-state index contributed by atoms with van der Waals surface area (Å²) in [6, 6.07) is 3.81. The maximum Gasteiger partial charge on any atom is 0.128 e. The molecule has 0 unspecified atom stereocenters. The zero-order valence-electron chi connectivity index (χ0n) is 6.37. The van der Waals surface area contributed by atoms with Crippen LogP contribution in [-0.4, -0.2) is 21.5 Å². The van der Waals surface area contributed by atoms with E-state index >= 15 is 0 Å². The smallest absolute Gasteiger partial charge is 0.128 e. The summed E-state index contributed by atoms with van der Waals surface area (Å²) in [7, 11) is 0. The minimum absolute atomic E-state index is 0.0343. The molecule has 1 N–H and O–H groups in total. The summed E-state index contributed by atoms with van der Waals surface area (Å²) in [6.07, 6.45) is 0.318. The topological polar surface area (TPSA) is 61.8 Å². The molecule has 4 nitrogen and oxygen atoms in total. The van der Waals surface area contributed by atoms with Crippen LogP contribution in [0.15, 0.2) is 10.7 Å². The van der Waals surface area contributed by atoms with Gasteiger partial charge in [0, 0.05) is 0 Å². The number of aliphatic hydroxyl groups excluding tert-OH is 1. The molecule has 0 amide bonds. The lowest BCUT2D eigenvalue weighted by atomic mass is 10.3. The van der Waals surface area contributed by atoms with Gasteiger partial charge >= 0.3 is 0 Å². The molecule has 0 spiro atoms. The van der Waals surface area contributed by atoms with Crippen molar-refractivity contribution in [2.24, 2.45) is 0 Å². The van der Waals surface area contributed by atoms with E-state index < -0.39 is 0 Å². The molecular formula is C7H8BrN3O. The van der Waals surface area contributed by atoms with E-state index in [1.807, 2.05) is 6.07 Å². The minimum atomic E-state index is 0.0343. The fourth-order valence-corrected chi connectivity index (χ4v) is 1.39. The molecule has 0 atom stereocenters. The standard InChI is InChI=1S/C7H8BrN3O/c8-7-5-6(1-2-9)11(10-7)3-4-12/h5,12H,1,3-4H2. The Labute approximate surface area is 78.6 Å². The van der Waals surface area contributed by atoms with Gasteiger partial charge in [-0.25, -0.2) is 0 Å². The number of halogens is 1. The number of nitrogens with zero attached hydrogens (tertiary/aromatic N) is 3. The summed E-state index contributed by atoms with van der Waals surface area (Å²) < 4.78 is 2.31. The first-order chi connectivity index (χ1) is 5.77. The lowest BCUT2D eigenvalue weighted by molar-refractivity contribution is 0.267. The average molecular weight is 230 g/mol. The molecule has 0 aliphatic rings. The van der Waals surface area contributed by atoms with E-state index in [-0.39, 0.29) is 6.61 Å². The number of hydrogen-bond donors (Lipinski definition) is 1. The van der Waals surface area contributed by atoms with Crippen LogP contribution in [0.4, 0.5) is 0 Å². The molecule has 0 aromatic carbocycles. The summed E-state index contributed by atoms with van der Waals surface area (Å²) >= 11 is 3.20. The van der Waals surface area contributed by atoms with E-state index in [4.69, 9.17) is 10.4 Å². The number of aliphatic hydroxyl groups is 1. The van der Waals surface area contributed by atoms with Gasteiger partial charge in [-0.15, -0.1) is 0 Å². The van der Waals surface area contributed by atoms with Crippen molar-refractivity contribution < 1.29 is 5.11 Å². The van der Waals surface area contributed by atoms with E-state index in [0.717, 1.165) is 5.69 Å². The second kappa shape index (κ2) is 4.24. The molecule has 0 radical (unpaired) electrons. The van der Waals surface area contributed by atoms with E-state index in [9.17, 15) is 0 Å².